The molecule has 3 heterocycles. The van der Waals surface area contributed by atoms with Crippen LogP contribution in [0.15, 0.2) is 48.5 Å². The summed E-state index contributed by atoms with van der Waals surface area (Å²) in [6.07, 6.45) is 12.7. The molecule has 0 amide bonds. The zero-order valence-electron chi connectivity index (χ0n) is 42.4. The van der Waals surface area contributed by atoms with Crippen molar-refractivity contribution < 1.29 is 23.7 Å². The van der Waals surface area contributed by atoms with Crippen molar-refractivity contribution in [2.45, 2.75) is 125 Å². The molecule has 3 saturated heterocycles. The summed E-state index contributed by atoms with van der Waals surface area (Å²) in [5.74, 6) is -1.57. The number of hydrogen-bond donors (Lipinski definition) is 0. The second-order valence-electron chi connectivity index (χ2n) is 27.7. The summed E-state index contributed by atoms with van der Waals surface area (Å²) in [6, 6.07) is 21.8. The molecule has 12 aliphatic rings. The first-order valence-corrected chi connectivity index (χ1v) is 30.1. The lowest BCUT2D eigenvalue weighted by Crippen LogP contribution is -2.32. The summed E-state index contributed by atoms with van der Waals surface area (Å²) in [6.45, 7) is 0.667. The van der Waals surface area contributed by atoms with Crippen LogP contribution in [-0.2, 0) is 67.6 Å². The minimum absolute atomic E-state index is 0.142. The van der Waals surface area contributed by atoms with E-state index < -0.39 is 17.2 Å². The molecule has 4 fully saturated rings. The average molecular weight is 997 g/mol. The number of rotatable bonds is 0. The van der Waals surface area contributed by atoms with Crippen molar-refractivity contribution >= 4 is 151 Å². The number of benzene rings is 12. The predicted molar refractivity (Wildman–Crippen MR) is 306 cm³/mol. The van der Waals surface area contributed by atoms with Gasteiger partial charge in [-0.15, -0.1) is 0 Å². The van der Waals surface area contributed by atoms with E-state index in [2.05, 4.69) is 48.5 Å². The zero-order chi connectivity index (χ0) is 48.3. The quantitative estimate of drug-likeness (QED) is 0.142. The van der Waals surface area contributed by atoms with Crippen molar-refractivity contribution in [2.75, 3.05) is 6.61 Å². The largest absolute Gasteiger partial charge is 0.339 e. The minimum atomic E-state index is -1.03. The van der Waals surface area contributed by atoms with Gasteiger partial charge in [0, 0.05) is 19.3 Å². The van der Waals surface area contributed by atoms with Gasteiger partial charge in [-0.3, -0.25) is 0 Å². The Labute approximate surface area is 441 Å². The molecule has 362 valence electrons. The molecular weight excluding hydrogens is 957 g/mol. The molecule has 5 heteroatoms. The van der Waals surface area contributed by atoms with E-state index in [0.717, 1.165) is 77.0 Å². The molecule has 0 aromatic heterocycles. The van der Waals surface area contributed by atoms with Gasteiger partial charge in [0.2, 0.25) is 0 Å². The van der Waals surface area contributed by atoms with Crippen molar-refractivity contribution in [1.82, 2.24) is 0 Å². The highest BCUT2D eigenvalue weighted by atomic mass is 16.9. The normalized spacial score (nSPS) is 28.5. The van der Waals surface area contributed by atoms with Crippen molar-refractivity contribution in [3.63, 3.8) is 0 Å². The summed E-state index contributed by atoms with van der Waals surface area (Å²) in [5.41, 5.74) is 23.3. The van der Waals surface area contributed by atoms with Crippen LogP contribution in [0.2, 0.25) is 0 Å². The first-order chi connectivity index (χ1) is 38.6. The third kappa shape index (κ3) is 2.93. The monoisotopic (exact) mass is 996 g/mol. The molecule has 0 bridgehead atoms. The maximum atomic E-state index is 7.79. The van der Waals surface area contributed by atoms with E-state index in [0.29, 0.717) is 6.61 Å². The van der Waals surface area contributed by atoms with Gasteiger partial charge in [0.15, 0.2) is 5.79 Å². The van der Waals surface area contributed by atoms with Gasteiger partial charge < -0.3 is 23.7 Å². The topological polar surface area (TPSA) is 46.2 Å². The van der Waals surface area contributed by atoms with Crippen molar-refractivity contribution in [3.8, 4) is 0 Å². The van der Waals surface area contributed by atoms with E-state index in [1.54, 1.807) is 114 Å². The number of hydrogen-bond acceptors (Lipinski definition) is 5. The second-order valence-corrected chi connectivity index (χ2v) is 27.7. The average Bonchev–Trinajstić information content (AvgIpc) is 1.68. The van der Waals surface area contributed by atoms with Gasteiger partial charge in [0.1, 0.15) is 24.4 Å². The highest BCUT2D eigenvalue weighted by Crippen LogP contribution is 2.75. The van der Waals surface area contributed by atoms with E-state index in [1.165, 1.54) is 132 Å². The fraction of sp³-hybridized carbons (Fsp3) is 0.288. The maximum absolute atomic E-state index is 7.79. The lowest BCUT2D eigenvalue weighted by molar-refractivity contribution is -0.319. The minimum Gasteiger partial charge on any atom is -0.339 e. The van der Waals surface area contributed by atoms with Gasteiger partial charge in [-0.25, -0.2) is 0 Å². The molecule has 16 aromatic carbocycles. The molecule has 1 saturated carbocycles. The summed E-state index contributed by atoms with van der Waals surface area (Å²) < 4.78 is 37.0. The van der Waals surface area contributed by atoms with Crippen LogP contribution in [0, 0.1) is 0 Å². The number of fused-ring (bicyclic) bond motifs is 10. The van der Waals surface area contributed by atoms with Gasteiger partial charge in [-0.2, -0.15) is 0 Å². The van der Waals surface area contributed by atoms with Crippen LogP contribution < -0.4 is 0 Å². The fourth-order valence-electron chi connectivity index (χ4n) is 23.3. The second kappa shape index (κ2) is 10.1. The smallest absolute Gasteiger partial charge is 0.284 e. The van der Waals surface area contributed by atoms with Crippen LogP contribution in [-0.4, -0.2) is 18.4 Å². The molecule has 0 N–H and O–H groups in total. The van der Waals surface area contributed by atoms with E-state index >= 15 is 0 Å². The Hall–Kier alpha value is -6.96. The molecule has 9 aliphatic carbocycles. The van der Waals surface area contributed by atoms with Crippen LogP contribution >= 0.6 is 0 Å². The van der Waals surface area contributed by atoms with Crippen LogP contribution in [0.1, 0.15) is 158 Å². The summed E-state index contributed by atoms with van der Waals surface area (Å²) >= 11 is 0. The van der Waals surface area contributed by atoms with Gasteiger partial charge in [-0.05, 0) is 298 Å². The molecule has 3 spiro atoms. The molecule has 16 aromatic rings. The van der Waals surface area contributed by atoms with E-state index in [4.69, 9.17) is 23.7 Å². The number of aryl methyl sites for hydroxylation is 4. The van der Waals surface area contributed by atoms with Gasteiger partial charge in [0.25, 0.3) is 5.97 Å². The first-order valence-electron chi connectivity index (χ1n) is 30.1. The summed E-state index contributed by atoms with van der Waals surface area (Å²) in [4.78, 5) is 0. The molecule has 3 aliphatic heterocycles. The number of ether oxygens (including phenoxy) is 5. The van der Waals surface area contributed by atoms with E-state index in [-0.39, 0.29) is 24.4 Å². The summed E-state index contributed by atoms with van der Waals surface area (Å²) in [7, 11) is 0. The van der Waals surface area contributed by atoms with Gasteiger partial charge in [-0.1, -0.05) is 55.0 Å². The Morgan fingerprint density at radius 1 is 0.282 bits per heavy atom. The Morgan fingerprint density at radius 3 is 1.08 bits per heavy atom. The third-order valence-electron chi connectivity index (χ3n) is 25.2. The first kappa shape index (κ1) is 36.3. The molecule has 5 nitrogen and oxygen atoms in total. The standard InChI is InChI=1S/C73H40O5/c1-2-9-71(10-3-1)75-67-31-17-29-15-27-13-23-5-7-25-19-35-51-53-37(21-33(68(67)76-71)49-47(31)57-45(29)43(27)55-39(23)41(25)59(51)63(55)65(57)61(49)53)73(35)36-20-26-8-6-24-14-28-16-30-18-32-48-50-34(70-69(32)77-72(78-70)11-4-12-74-72)22-38(73)54-52(36)60-42(26)40(24)56-44(28)46(30)58(48)66(62(50)54)64(56)60/h13-14,17-22,67-70H,1-12,15-16H2. The van der Waals surface area contributed by atoms with Crippen LogP contribution in [0.3, 0.4) is 0 Å². The van der Waals surface area contributed by atoms with E-state index in [9.17, 15) is 0 Å². The highest BCUT2D eigenvalue weighted by molar-refractivity contribution is 6.60. The Morgan fingerprint density at radius 2 is 0.628 bits per heavy atom. The highest BCUT2D eigenvalue weighted by Gasteiger charge is 2.60. The lowest BCUT2D eigenvalue weighted by Gasteiger charge is -2.35. The van der Waals surface area contributed by atoms with Crippen LogP contribution in [0.5, 0.6) is 0 Å². The molecule has 78 heavy (non-hydrogen) atoms. The maximum Gasteiger partial charge on any atom is 0.284 e. The molecule has 6 atom stereocenters. The lowest BCUT2D eigenvalue weighted by atomic mass is 9.67. The molecule has 6 unspecified atom stereocenters. The van der Waals surface area contributed by atoms with Crippen LogP contribution in [0.4, 0.5) is 0 Å². The zero-order valence-corrected chi connectivity index (χ0v) is 42.4. The Balaban J connectivity index is 0.906. The molecule has 28 rings (SSSR count). The molecule has 0 radical (unpaired) electrons. The predicted octanol–water partition coefficient (Wildman–Crippen LogP) is 16.8. The SMILES string of the molecule is c1c2c3c4c(cc5c6c7c(cc8c9c%10c(cc%11c%12c(c1CC%11)c3c(c%12%10)c(c46)c79)C81c3cc4c6c7c(cc8c9c%10c(cc%11c%12c%13c(cc1c1c3c6c(c97)c(c%10%12)c%131)C1OC3(CCCO3)OC%111)C8)CC4)C1OC3(CCCCC3)OC51)C2. The van der Waals surface area contributed by atoms with Crippen molar-refractivity contribution in [2.24, 2.45) is 0 Å². The summed E-state index contributed by atoms with van der Waals surface area (Å²) in [5, 5.41) is 43.1. The molecular formula is C73H40O5. The third-order valence-corrected chi connectivity index (χ3v) is 25.2. The van der Waals surface area contributed by atoms with Gasteiger partial charge in [0.05, 0.1) is 12.0 Å². The van der Waals surface area contributed by atoms with Crippen molar-refractivity contribution in [3.05, 3.63) is 138 Å². The fourth-order valence-corrected chi connectivity index (χ4v) is 23.3. The van der Waals surface area contributed by atoms with Crippen molar-refractivity contribution in [1.29, 1.82) is 0 Å². The Bertz CT molecular complexity index is 5930. The Kier molecular flexibility index (Phi) is 4.68. The van der Waals surface area contributed by atoms with E-state index in [1.807, 2.05) is 0 Å². The van der Waals surface area contributed by atoms with Crippen LogP contribution in [0.25, 0.3) is 151 Å². The van der Waals surface area contributed by atoms with Gasteiger partial charge >= 0.3 is 0 Å².